The minimum Gasteiger partial charge on any atom is -0.342 e. The molecule has 0 aromatic rings. The van der Waals surface area contributed by atoms with Gasteiger partial charge in [0.25, 0.3) is 0 Å². The lowest BCUT2D eigenvalue weighted by atomic mass is 10.1. The Morgan fingerprint density at radius 3 is 2.93 bits per heavy atom. The third-order valence-electron chi connectivity index (χ3n) is 2.84. The highest BCUT2D eigenvalue weighted by atomic mass is 16.2. The van der Waals surface area contributed by atoms with Gasteiger partial charge in [-0.05, 0) is 18.8 Å². The zero-order valence-electron chi connectivity index (χ0n) is 8.83. The zero-order chi connectivity index (χ0) is 10.4. The zero-order valence-corrected chi connectivity index (χ0v) is 8.83. The molecule has 1 amide bonds. The van der Waals surface area contributed by atoms with E-state index in [2.05, 4.69) is 13.0 Å². The Bertz CT molecular complexity index is 232. The van der Waals surface area contributed by atoms with Crippen molar-refractivity contribution in [3.63, 3.8) is 0 Å². The molecule has 78 valence electrons. The topological polar surface area (TPSA) is 44.1 Å². The second kappa shape index (κ2) is 5.64. The molecule has 1 heterocycles. The van der Waals surface area contributed by atoms with Crippen molar-refractivity contribution in [2.75, 3.05) is 13.1 Å². The molecule has 1 unspecified atom stereocenters. The van der Waals surface area contributed by atoms with Crippen LogP contribution in [0.4, 0.5) is 0 Å². The molecule has 1 atom stereocenters. The van der Waals surface area contributed by atoms with Crippen LogP contribution in [0.1, 0.15) is 39.0 Å². The first-order valence-corrected chi connectivity index (χ1v) is 5.42. The van der Waals surface area contributed by atoms with Crippen molar-refractivity contribution in [3.8, 4) is 6.07 Å². The van der Waals surface area contributed by atoms with Crippen LogP contribution in [0.25, 0.3) is 0 Å². The summed E-state index contributed by atoms with van der Waals surface area (Å²) in [4.78, 5) is 13.4. The molecular formula is C11H18N2O. The van der Waals surface area contributed by atoms with Gasteiger partial charge in [-0.3, -0.25) is 4.79 Å². The highest BCUT2D eigenvalue weighted by molar-refractivity contribution is 5.78. The van der Waals surface area contributed by atoms with E-state index in [1.807, 2.05) is 4.90 Å². The first-order valence-electron chi connectivity index (χ1n) is 5.42. The van der Waals surface area contributed by atoms with Gasteiger partial charge in [-0.15, -0.1) is 0 Å². The lowest BCUT2D eigenvalue weighted by molar-refractivity contribution is -0.127. The van der Waals surface area contributed by atoms with E-state index in [1.54, 1.807) is 0 Å². The number of carbonyl (C=O) groups excluding carboxylic acids is 1. The molecule has 14 heavy (non-hydrogen) atoms. The van der Waals surface area contributed by atoms with Gasteiger partial charge >= 0.3 is 0 Å². The fraction of sp³-hybridized carbons (Fsp3) is 0.818. The van der Waals surface area contributed by atoms with Gasteiger partial charge in [0.1, 0.15) is 0 Å². The molecule has 0 spiro atoms. The monoisotopic (exact) mass is 194 g/mol. The summed E-state index contributed by atoms with van der Waals surface area (Å²) in [6.45, 7) is 3.91. The lowest BCUT2D eigenvalue weighted by Crippen LogP contribution is -2.26. The van der Waals surface area contributed by atoms with Crippen LogP contribution < -0.4 is 0 Å². The molecule has 1 saturated heterocycles. The van der Waals surface area contributed by atoms with Crippen LogP contribution >= 0.6 is 0 Å². The van der Waals surface area contributed by atoms with Crippen molar-refractivity contribution in [2.45, 2.75) is 39.0 Å². The number of hydrogen-bond donors (Lipinski definition) is 0. The number of amides is 1. The molecule has 1 aliphatic rings. The van der Waals surface area contributed by atoms with Crippen LogP contribution in [-0.2, 0) is 4.79 Å². The fourth-order valence-corrected chi connectivity index (χ4v) is 1.85. The van der Waals surface area contributed by atoms with Gasteiger partial charge < -0.3 is 4.90 Å². The molecule has 0 aromatic heterocycles. The molecule has 0 aliphatic carbocycles. The van der Waals surface area contributed by atoms with Gasteiger partial charge in [0.15, 0.2) is 0 Å². The van der Waals surface area contributed by atoms with Gasteiger partial charge in [-0.25, -0.2) is 0 Å². The number of nitrogens with zero attached hydrogens (tertiary/aromatic N) is 2. The van der Waals surface area contributed by atoms with E-state index in [4.69, 9.17) is 5.26 Å². The minimum atomic E-state index is 0.300. The Morgan fingerprint density at radius 2 is 2.36 bits per heavy atom. The normalized spacial score (nSPS) is 21.3. The highest BCUT2D eigenvalue weighted by Crippen LogP contribution is 2.20. The van der Waals surface area contributed by atoms with Crippen molar-refractivity contribution >= 4 is 5.91 Å². The molecule has 0 N–H and O–H groups in total. The maximum Gasteiger partial charge on any atom is 0.222 e. The lowest BCUT2D eigenvalue weighted by Gasteiger charge is -2.15. The summed E-state index contributed by atoms with van der Waals surface area (Å²) in [5.74, 6) is 0.868. The number of unbranched alkanes of at least 4 members (excludes halogenated alkanes) is 2. The highest BCUT2D eigenvalue weighted by Gasteiger charge is 2.27. The van der Waals surface area contributed by atoms with Gasteiger partial charge in [0.2, 0.25) is 5.91 Å². The average molecular weight is 194 g/mol. The van der Waals surface area contributed by atoms with Crippen LogP contribution in [0.3, 0.4) is 0 Å². The molecule has 1 aliphatic heterocycles. The van der Waals surface area contributed by atoms with Crippen molar-refractivity contribution in [1.82, 2.24) is 4.90 Å². The van der Waals surface area contributed by atoms with Gasteiger partial charge in [0.05, 0.1) is 6.07 Å². The summed E-state index contributed by atoms with van der Waals surface area (Å²) in [6.07, 6.45) is 4.32. The third-order valence-corrected chi connectivity index (χ3v) is 2.84. The number of nitriles is 1. The van der Waals surface area contributed by atoms with E-state index >= 15 is 0 Å². The molecule has 0 aromatic carbocycles. The van der Waals surface area contributed by atoms with E-state index in [9.17, 15) is 4.79 Å². The quantitative estimate of drug-likeness (QED) is 0.628. The van der Waals surface area contributed by atoms with E-state index in [-0.39, 0.29) is 0 Å². The Kier molecular flexibility index (Phi) is 4.45. The summed E-state index contributed by atoms with van der Waals surface area (Å²) >= 11 is 0. The van der Waals surface area contributed by atoms with Crippen molar-refractivity contribution in [1.29, 1.82) is 5.26 Å². The standard InChI is InChI=1S/C11H18N2O/c1-2-10-8-11(14)13(9-10)7-5-3-4-6-12/h10H,2-5,7-9H2,1H3. The van der Waals surface area contributed by atoms with Crippen molar-refractivity contribution in [3.05, 3.63) is 0 Å². The molecule has 0 radical (unpaired) electrons. The van der Waals surface area contributed by atoms with E-state index in [0.717, 1.165) is 38.8 Å². The van der Waals surface area contributed by atoms with Crippen molar-refractivity contribution < 1.29 is 4.79 Å². The molecule has 3 heteroatoms. The fourth-order valence-electron chi connectivity index (χ4n) is 1.85. The second-order valence-corrected chi connectivity index (χ2v) is 3.93. The number of carbonyl (C=O) groups is 1. The van der Waals surface area contributed by atoms with E-state index < -0.39 is 0 Å². The number of likely N-dealkylation sites (tertiary alicyclic amines) is 1. The van der Waals surface area contributed by atoms with Crippen LogP contribution in [0.2, 0.25) is 0 Å². The molecule has 1 fully saturated rings. The summed E-state index contributed by atoms with van der Waals surface area (Å²) in [6, 6.07) is 2.12. The summed E-state index contributed by atoms with van der Waals surface area (Å²) in [5, 5.41) is 8.36. The Hall–Kier alpha value is -1.04. The smallest absolute Gasteiger partial charge is 0.222 e. The van der Waals surface area contributed by atoms with Crippen LogP contribution in [0, 0.1) is 17.2 Å². The van der Waals surface area contributed by atoms with E-state index in [1.165, 1.54) is 0 Å². The largest absolute Gasteiger partial charge is 0.342 e. The Balaban J connectivity index is 2.19. The van der Waals surface area contributed by atoms with Gasteiger partial charge in [0, 0.05) is 25.9 Å². The van der Waals surface area contributed by atoms with Crippen molar-refractivity contribution in [2.24, 2.45) is 5.92 Å². The predicted molar refractivity (Wildman–Crippen MR) is 54.4 cm³/mol. The maximum atomic E-state index is 11.5. The average Bonchev–Trinajstić information content (AvgIpc) is 2.54. The first kappa shape index (κ1) is 11.0. The summed E-state index contributed by atoms with van der Waals surface area (Å²) in [7, 11) is 0. The van der Waals surface area contributed by atoms with Crippen LogP contribution in [0.15, 0.2) is 0 Å². The molecule has 0 bridgehead atoms. The number of hydrogen-bond acceptors (Lipinski definition) is 2. The van der Waals surface area contributed by atoms with Gasteiger partial charge in [-0.1, -0.05) is 13.3 Å². The van der Waals surface area contributed by atoms with Crippen LogP contribution in [0.5, 0.6) is 0 Å². The summed E-state index contributed by atoms with van der Waals surface area (Å²) < 4.78 is 0. The Morgan fingerprint density at radius 1 is 1.57 bits per heavy atom. The minimum absolute atomic E-state index is 0.300. The second-order valence-electron chi connectivity index (χ2n) is 3.93. The maximum absolute atomic E-state index is 11.5. The predicted octanol–water partition coefficient (Wildman–Crippen LogP) is 1.94. The first-order chi connectivity index (χ1) is 6.77. The molecule has 1 rings (SSSR count). The van der Waals surface area contributed by atoms with E-state index in [0.29, 0.717) is 18.2 Å². The van der Waals surface area contributed by atoms with Crippen LogP contribution in [-0.4, -0.2) is 23.9 Å². The molecule has 3 nitrogen and oxygen atoms in total. The SMILES string of the molecule is CCC1CC(=O)N(CCCCC#N)C1. The van der Waals surface area contributed by atoms with Gasteiger partial charge in [-0.2, -0.15) is 5.26 Å². The third kappa shape index (κ3) is 3.02. The number of rotatable bonds is 5. The molecular weight excluding hydrogens is 176 g/mol. The Labute approximate surface area is 85.7 Å². The summed E-state index contributed by atoms with van der Waals surface area (Å²) in [5.41, 5.74) is 0. The molecule has 0 saturated carbocycles.